The monoisotopic (exact) mass is 231 g/mol. The lowest BCUT2D eigenvalue weighted by Crippen LogP contribution is -2.41. The van der Waals surface area contributed by atoms with Crippen molar-refractivity contribution in [2.24, 2.45) is 5.92 Å². The predicted molar refractivity (Wildman–Crippen MR) is 59.3 cm³/mol. The molecule has 0 aromatic rings. The summed E-state index contributed by atoms with van der Waals surface area (Å²) in [7, 11) is 1.55. The number of carboxylic acid groups (broad SMARTS) is 1. The van der Waals surface area contributed by atoms with E-state index < -0.39 is 12.1 Å². The Kier molecular flexibility index (Phi) is 5.73. The number of carboxylic acids is 1. The van der Waals surface area contributed by atoms with Crippen molar-refractivity contribution in [3.63, 3.8) is 0 Å². The van der Waals surface area contributed by atoms with Crippen LogP contribution in [-0.2, 0) is 9.53 Å². The zero-order valence-corrected chi connectivity index (χ0v) is 9.69. The summed E-state index contributed by atoms with van der Waals surface area (Å²) in [6.45, 7) is 0.771. The van der Waals surface area contributed by atoms with Gasteiger partial charge in [-0.1, -0.05) is 6.42 Å². The lowest BCUT2D eigenvalue weighted by molar-refractivity contribution is -0.143. The average molecular weight is 231 g/mol. The van der Waals surface area contributed by atoms with Gasteiger partial charge in [-0.15, -0.1) is 0 Å². The highest BCUT2D eigenvalue weighted by Crippen LogP contribution is 2.24. The number of nitrogens with one attached hydrogen (secondary N) is 1. The van der Waals surface area contributed by atoms with Crippen molar-refractivity contribution < 1.29 is 19.7 Å². The van der Waals surface area contributed by atoms with Gasteiger partial charge in [-0.2, -0.15) is 0 Å². The molecule has 1 saturated carbocycles. The largest absolute Gasteiger partial charge is 0.481 e. The van der Waals surface area contributed by atoms with E-state index in [1.54, 1.807) is 7.11 Å². The first-order chi connectivity index (χ1) is 7.63. The molecule has 1 rings (SSSR count). The van der Waals surface area contributed by atoms with E-state index in [1.165, 1.54) is 0 Å². The van der Waals surface area contributed by atoms with E-state index in [4.69, 9.17) is 9.84 Å². The highest BCUT2D eigenvalue weighted by molar-refractivity contribution is 5.70. The summed E-state index contributed by atoms with van der Waals surface area (Å²) in [5.74, 6) is -0.935. The average Bonchev–Trinajstić information content (AvgIpc) is 2.27. The number of hydrogen-bond donors (Lipinski definition) is 3. The molecule has 94 valence electrons. The maximum atomic E-state index is 10.8. The Bertz CT molecular complexity index is 222. The second-order valence-electron chi connectivity index (χ2n) is 4.42. The number of rotatable bonds is 6. The second kappa shape index (κ2) is 6.83. The van der Waals surface area contributed by atoms with Gasteiger partial charge in [0.2, 0.25) is 0 Å². The molecule has 0 amide bonds. The van der Waals surface area contributed by atoms with Gasteiger partial charge in [0.15, 0.2) is 0 Å². The zero-order chi connectivity index (χ0) is 12.0. The number of ether oxygens (including phenoxy) is 1. The fourth-order valence-corrected chi connectivity index (χ4v) is 2.15. The Morgan fingerprint density at radius 3 is 2.94 bits per heavy atom. The number of aliphatic carboxylic acids is 1. The normalized spacial score (nSPS) is 27.6. The molecule has 0 heterocycles. The van der Waals surface area contributed by atoms with Crippen LogP contribution >= 0.6 is 0 Å². The van der Waals surface area contributed by atoms with Crippen molar-refractivity contribution in [2.75, 3.05) is 20.3 Å². The minimum absolute atomic E-state index is 0.210. The molecular formula is C11H21NO4. The molecule has 5 heteroatoms. The van der Waals surface area contributed by atoms with E-state index in [2.05, 4.69) is 5.32 Å². The van der Waals surface area contributed by atoms with E-state index in [1.807, 2.05) is 0 Å². The highest BCUT2D eigenvalue weighted by atomic mass is 16.5. The minimum atomic E-state index is -0.705. The van der Waals surface area contributed by atoms with Crippen LogP contribution in [-0.4, -0.2) is 48.6 Å². The van der Waals surface area contributed by atoms with Crippen molar-refractivity contribution in [1.82, 2.24) is 5.32 Å². The van der Waals surface area contributed by atoms with Gasteiger partial charge in [-0.25, -0.2) is 0 Å². The lowest BCUT2D eigenvalue weighted by Gasteiger charge is -2.28. The van der Waals surface area contributed by atoms with Crippen molar-refractivity contribution in [3.8, 4) is 0 Å². The molecule has 0 aliphatic heterocycles. The van der Waals surface area contributed by atoms with Gasteiger partial charge in [-0.05, 0) is 19.3 Å². The molecule has 0 aromatic heterocycles. The van der Waals surface area contributed by atoms with Crippen molar-refractivity contribution in [1.29, 1.82) is 0 Å². The molecule has 3 N–H and O–H groups in total. The van der Waals surface area contributed by atoms with Crippen LogP contribution in [0.1, 0.15) is 25.7 Å². The molecule has 1 aliphatic rings. The Hall–Kier alpha value is -0.650. The third kappa shape index (κ3) is 4.47. The summed E-state index contributed by atoms with van der Waals surface area (Å²) < 4.78 is 4.82. The summed E-state index contributed by atoms with van der Waals surface area (Å²) in [5.41, 5.74) is 0. The van der Waals surface area contributed by atoms with Crippen LogP contribution in [0.3, 0.4) is 0 Å². The molecule has 0 radical (unpaired) electrons. The van der Waals surface area contributed by atoms with Gasteiger partial charge in [0.05, 0.1) is 18.6 Å². The van der Waals surface area contributed by atoms with Crippen molar-refractivity contribution >= 4 is 5.97 Å². The van der Waals surface area contributed by atoms with Crippen LogP contribution in [0, 0.1) is 5.92 Å². The van der Waals surface area contributed by atoms with E-state index in [0.717, 1.165) is 19.3 Å². The molecule has 5 nitrogen and oxygen atoms in total. The Labute approximate surface area is 95.8 Å². The van der Waals surface area contributed by atoms with Gasteiger partial charge in [0, 0.05) is 19.7 Å². The molecule has 0 saturated heterocycles. The van der Waals surface area contributed by atoms with Gasteiger partial charge in [-0.3, -0.25) is 4.79 Å². The predicted octanol–water partition coefficient (Wildman–Crippen LogP) is 0.227. The van der Waals surface area contributed by atoms with Crippen LogP contribution in [0.2, 0.25) is 0 Å². The molecule has 0 spiro atoms. The molecule has 0 aromatic carbocycles. The molecule has 3 unspecified atom stereocenters. The van der Waals surface area contributed by atoms with Gasteiger partial charge >= 0.3 is 5.97 Å². The Morgan fingerprint density at radius 1 is 1.56 bits per heavy atom. The lowest BCUT2D eigenvalue weighted by atomic mass is 9.86. The summed E-state index contributed by atoms with van der Waals surface area (Å²) >= 11 is 0. The Morgan fingerprint density at radius 2 is 2.31 bits per heavy atom. The summed E-state index contributed by atoms with van der Waals surface area (Å²) in [5, 5.41) is 21.6. The van der Waals surface area contributed by atoms with E-state index >= 15 is 0 Å². The maximum Gasteiger partial charge on any atom is 0.306 e. The zero-order valence-electron chi connectivity index (χ0n) is 9.69. The van der Waals surface area contributed by atoms with Crippen LogP contribution in [0.4, 0.5) is 0 Å². The third-order valence-electron chi connectivity index (χ3n) is 3.02. The van der Waals surface area contributed by atoms with E-state index in [0.29, 0.717) is 19.6 Å². The van der Waals surface area contributed by atoms with Crippen molar-refractivity contribution in [3.05, 3.63) is 0 Å². The van der Waals surface area contributed by atoms with Crippen LogP contribution < -0.4 is 5.32 Å². The smallest absolute Gasteiger partial charge is 0.306 e. The highest BCUT2D eigenvalue weighted by Gasteiger charge is 2.26. The van der Waals surface area contributed by atoms with Crippen LogP contribution in [0.25, 0.3) is 0 Å². The quantitative estimate of drug-likeness (QED) is 0.609. The van der Waals surface area contributed by atoms with Gasteiger partial charge < -0.3 is 20.3 Å². The molecule has 16 heavy (non-hydrogen) atoms. The van der Waals surface area contributed by atoms with Crippen molar-refractivity contribution in [2.45, 2.75) is 37.8 Å². The fraction of sp³-hybridized carbons (Fsp3) is 0.909. The first-order valence-electron chi connectivity index (χ1n) is 5.76. The summed E-state index contributed by atoms with van der Waals surface area (Å²) in [4.78, 5) is 10.8. The standard InChI is InChI=1S/C11H21NO4/c1-16-7-10(13)6-12-9-4-2-3-8(5-9)11(14)15/h8-10,12-13H,2-7H2,1H3,(H,14,15). The molecule has 3 atom stereocenters. The second-order valence-corrected chi connectivity index (χ2v) is 4.42. The Balaban J connectivity index is 2.24. The first-order valence-corrected chi connectivity index (χ1v) is 5.76. The first kappa shape index (κ1) is 13.4. The van der Waals surface area contributed by atoms with Crippen LogP contribution in [0.15, 0.2) is 0 Å². The SMILES string of the molecule is COCC(O)CNC1CCCC(C(=O)O)C1. The molecular weight excluding hydrogens is 210 g/mol. The van der Waals surface area contributed by atoms with Gasteiger partial charge in [0.1, 0.15) is 0 Å². The van der Waals surface area contributed by atoms with Crippen LogP contribution in [0.5, 0.6) is 0 Å². The fourth-order valence-electron chi connectivity index (χ4n) is 2.15. The number of aliphatic hydroxyl groups is 1. The number of aliphatic hydroxyl groups excluding tert-OH is 1. The maximum absolute atomic E-state index is 10.8. The number of methoxy groups -OCH3 is 1. The van der Waals surface area contributed by atoms with Gasteiger partial charge in [0.25, 0.3) is 0 Å². The topological polar surface area (TPSA) is 78.8 Å². The minimum Gasteiger partial charge on any atom is -0.481 e. The third-order valence-corrected chi connectivity index (χ3v) is 3.02. The molecule has 1 fully saturated rings. The summed E-state index contributed by atoms with van der Waals surface area (Å²) in [6, 6.07) is 0.210. The number of carbonyl (C=O) groups is 1. The summed E-state index contributed by atoms with van der Waals surface area (Å²) in [6.07, 6.45) is 2.84. The molecule has 0 bridgehead atoms. The van der Waals surface area contributed by atoms with E-state index in [-0.39, 0.29) is 12.0 Å². The number of hydrogen-bond acceptors (Lipinski definition) is 4. The van der Waals surface area contributed by atoms with E-state index in [9.17, 15) is 9.90 Å². The molecule has 1 aliphatic carbocycles.